The fourth-order valence-electron chi connectivity index (χ4n) is 3.26. The number of rotatable bonds is 2. The third kappa shape index (κ3) is 1.72. The number of para-hydroxylation sites is 1. The van der Waals surface area contributed by atoms with Crippen LogP contribution >= 0.6 is 11.3 Å². The van der Waals surface area contributed by atoms with Gasteiger partial charge in [-0.05, 0) is 40.4 Å². The van der Waals surface area contributed by atoms with E-state index in [1.165, 1.54) is 11.1 Å². The van der Waals surface area contributed by atoms with Gasteiger partial charge in [-0.2, -0.15) is 11.3 Å². The van der Waals surface area contributed by atoms with Crippen LogP contribution in [-0.2, 0) is 17.8 Å². The third-order valence-corrected chi connectivity index (χ3v) is 5.26. The van der Waals surface area contributed by atoms with Gasteiger partial charge in [0.15, 0.2) is 0 Å². The molecule has 1 unspecified atom stereocenters. The van der Waals surface area contributed by atoms with Crippen LogP contribution < -0.4 is 5.32 Å². The van der Waals surface area contributed by atoms with Crippen LogP contribution in [0.3, 0.4) is 0 Å². The standard InChI is InChI=1S/C16H16N2OS/c19-15-16(9-13-3-1-2-4-14(13)17-15)6-7-18(16)10-12-5-8-20-11-12/h1-5,8,11H,6-7,9-10H2,(H,17,19). The van der Waals surface area contributed by atoms with E-state index >= 15 is 0 Å². The Bertz CT molecular complexity index is 652. The Morgan fingerprint density at radius 2 is 2.20 bits per heavy atom. The highest BCUT2D eigenvalue weighted by Gasteiger charge is 2.52. The summed E-state index contributed by atoms with van der Waals surface area (Å²) in [6, 6.07) is 10.3. The summed E-state index contributed by atoms with van der Waals surface area (Å²) in [5.74, 6) is 0.165. The van der Waals surface area contributed by atoms with Crippen molar-refractivity contribution < 1.29 is 4.79 Å². The minimum Gasteiger partial charge on any atom is -0.324 e. The zero-order valence-electron chi connectivity index (χ0n) is 11.1. The van der Waals surface area contributed by atoms with Gasteiger partial charge < -0.3 is 5.32 Å². The summed E-state index contributed by atoms with van der Waals surface area (Å²) in [7, 11) is 0. The van der Waals surface area contributed by atoms with Gasteiger partial charge in [-0.3, -0.25) is 9.69 Å². The van der Waals surface area contributed by atoms with E-state index in [9.17, 15) is 4.79 Å². The predicted octanol–water partition coefficient (Wildman–Crippen LogP) is 2.89. The summed E-state index contributed by atoms with van der Waals surface area (Å²) in [4.78, 5) is 14.9. The first-order chi connectivity index (χ1) is 9.78. The van der Waals surface area contributed by atoms with Crippen LogP contribution in [0.15, 0.2) is 41.1 Å². The molecule has 1 aromatic carbocycles. The highest BCUT2D eigenvalue weighted by Crippen LogP contribution is 2.41. The molecule has 0 radical (unpaired) electrons. The number of anilines is 1. The second-order valence-electron chi connectivity index (χ2n) is 5.62. The summed E-state index contributed by atoms with van der Waals surface area (Å²) in [6.45, 7) is 1.88. The van der Waals surface area contributed by atoms with Crippen LogP contribution in [0.25, 0.3) is 0 Å². The molecule has 1 aromatic heterocycles. The van der Waals surface area contributed by atoms with Crippen LogP contribution in [0.1, 0.15) is 17.5 Å². The van der Waals surface area contributed by atoms with Crippen LogP contribution in [0.2, 0.25) is 0 Å². The van der Waals surface area contributed by atoms with Crippen molar-refractivity contribution in [3.63, 3.8) is 0 Å². The topological polar surface area (TPSA) is 32.3 Å². The third-order valence-electron chi connectivity index (χ3n) is 4.53. The largest absolute Gasteiger partial charge is 0.324 e. The van der Waals surface area contributed by atoms with Crippen molar-refractivity contribution in [1.29, 1.82) is 0 Å². The number of fused-ring (bicyclic) bond motifs is 1. The number of carbonyl (C=O) groups excluding carboxylic acids is 1. The maximum Gasteiger partial charge on any atom is 0.245 e. The quantitative estimate of drug-likeness (QED) is 0.919. The highest BCUT2D eigenvalue weighted by molar-refractivity contribution is 7.07. The molecule has 1 N–H and O–H groups in total. The van der Waals surface area contributed by atoms with Gasteiger partial charge in [-0.1, -0.05) is 18.2 Å². The summed E-state index contributed by atoms with van der Waals surface area (Å²) in [6.07, 6.45) is 1.79. The lowest BCUT2D eigenvalue weighted by Crippen LogP contribution is -2.68. The zero-order valence-corrected chi connectivity index (χ0v) is 12.0. The van der Waals surface area contributed by atoms with Crippen molar-refractivity contribution in [2.24, 2.45) is 0 Å². The number of likely N-dealkylation sites (tertiary alicyclic amines) is 1. The molecule has 20 heavy (non-hydrogen) atoms. The zero-order chi connectivity index (χ0) is 13.6. The molecule has 1 saturated heterocycles. The van der Waals surface area contributed by atoms with Crippen LogP contribution in [-0.4, -0.2) is 22.9 Å². The molecule has 2 aliphatic heterocycles. The molecular formula is C16H16N2OS. The molecule has 1 spiro atoms. The van der Waals surface area contributed by atoms with Crippen LogP contribution in [0.4, 0.5) is 5.69 Å². The second kappa shape index (κ2) is 4.43. The Kier molecular flexibility index (Phi) is 2.69. The van der Waals surface area contributed by atoms with Crippen LogP contribution in [0, 0.1) is 0 Å². The fourth-order valence-corrected chi connectivity index (χ4v) is 3.92. The van der Waals surface area contributed by atoms with E-state index in [-0.39, 0.29) is 11.4 Å². The number of nitrogens with one attached hydrogen (secondary N) is 1. The van der Waals surface area contributed by atoms with E-state index in [2.05, 4.69) is 33.1 Å². The molecule has 0 bridgehead atoms. The summed E-state index contributed by atoms with van der Waals surface area (Å²) >= 11 is 1.71. The van der Waals surface area contributed by atoms with Gasteiger partial charge >= 0.3 is 0 Å². The van der Waals surface area contributed by atoms with E-state index in [1.54, 1.807) is 11.3 Å². The molecule has 102 valence electrons. The summed E-state index contributed by atoms with van der Waals surface area (Å²) in [5.41, 5.74) is 3.21. The molecule has 0 aliphatic carbocycles. The second-order valence-corrected chi connectivity index (χ2v) is 6.40. The van der Waals surface area contributed by atoms with Gasteiger partial charge in [-0.25, -0.2) is 0 Å². The molecule has 1 atom stereocenters. The first kappa shape index (κ1) is 12.1. The van der Waals surface area contributed by atoms with Gasteiger partial charge in [0.05, 0.1) is 0 Å². The Balaban J connectivity index is 1.63. The monoisotopic (exact) mass is 284 g/mol. The first-order valence-corrected chi connectivity index (χ1v) is 7.88. The molecule has 3 heterocycles. The number of carbonyl (C=O) groups is 1. The number of nitrogens with zero attached hydrogens (tertiary/aromatic N) is 1. The van der Waals surface area contributed by atoms with E-state index in [0.717, 1.165) is 31.6 Å². The Hall–Kier alpha value is -1.65. The number of hydrogen-bond donors (Lipinski definition) is 1. The van der Waals surface area contributed by atoms with Gasteiger partial charge in [0, 0.05) is 25.2 Å². The molecule has 2 aromatic rings. The van der Waals surface area contributed by atoms with Crippen LogP contribution in [0.5, 0.6) is 0 Å². The molecule has 3 nitrogen and oxygen atoms in total. The lowest BCUT2D eigenvalue weighted by atomic mass is 9.75. The van der Waals surface area contributed by atoms with Gasteiger partial charge in [0.2, 0.25) is 5.91 Å². The fraction of sp³-hybridized carbons (Fsp3) is 0.312. The van der Waals surface area contributed by atoms with E-state index in [4.69, 9.17) is 0 Å². The van der Waals surface area contributed by atoms with Crippen molar-refractivity contribution in [3.8, 4) is 0 Å². The van der Waals surface area contributed by atoms with Crippen molar-refractivity contribution in [1.82, 2.24) is 4.90 Å². The Morgan fingerprint density at radius 3 is 2.95 bits per heavy atom. The first-order valence-electron chi connectivity index (χ1n) is 6.93. The molecule has 1 fully saturated rings. The van der Waals surface area contributed by atoms with Crippen molar-refractivity contribution in [2.45, 2.75) is 24.9 Å². The maximum absolute atomic E-state index is 12.5. The van der Waals surface area contributed by atoms with Crippen molar-refractivity contribution in [2.75, 3.05) is 11.9 Å². The Labute approximate surface area is 122 Å². The Morgan fingerprint density at radius 1 is 1.30 bits per heavy atom. The SMILES string of the molecule is O=C1Nc2ccccc2CC12CCN2Cc1ccsc1. The summed E-state index contributed by atoms with van der Waals surface area (Å²) < 4.78 is 0. The lowest BCUT2D eigenvalue weighted by Gasteiger charge is -2.53. The molecule has 1 amide bonds. The van der Waals surface area contributed by atoms with Crippen molar-refractivity contribution in [3.05, 3.63) is 52.2 Å². The molecule has 0 saturated carbocycles. The molecule has 4 rings (SSSR count). The number of amides is 1. The lowest BCUT2D eigenvalue weighted by molar-refractivity contribution is -0.139. The minimum atomic E-state index is -0.323. The predicted molar refractivity (Wildman–Crippen MR) is 80.9 cm³/mol. The number of benzene rings is 1. The van der Waals surface area contributed by atoms with E-state index < -0.39 is 0 Å². The van der Waals surface area contributed by atoms with E-state index in [1.807, 2.05) is 18.2 Å². The van der Waals surface area contributed by atoms with E-state index in [0.29, 0.717) is 0 Å². The van der Waals surface area contributed by atoms with Gasteiger partial charge in [0.1, 0.15) is 5.54 Å². The number of thiophene rings is 1. The average molecular weight is 284 g/mol. The molecular weight excluding hydrogens is 268 g/mol. The minimum absolute atomic E-state index is 0.165. The van der Waals surface area contributed by atoms with Gasteiger partial charge in [0.25, 0.3) is 0 Å². The average Bonchev–Trinajstić information content (AvgIpc) is 2.96. The normalized spacial score (nSPS) is 25.1. The highest BCUT2D eigenvalue weighted by atomic mass is 32.1. The number of hydrogen-bond acceptors (Lipinski definition) is 3. The molecule has 2 aliphatic rings. The van der Waals surface area contributed by atoms with Crippen molar-refractivity contribution >= 4 is 22.9 Å². The van der Waals surface area contributed by atoms with Gasteiger partial charge in [-0.15, -0.1) is 0 Å². The molecule has 4 heteroatoms. The summed E-state index contributed by atoms with van der Waals surface area (Å²) in [5, 5.41) is 7.35. The smallest absolute Gasteiger partial charge is 0.245 e. The maximum atomic E-state index is 12.5.